The van der Waals surface area contributed by atoms with Crippen LogP contribution in [0.5, 0.6) is 0 Å². The fraction of sp³-hybridized carbons (Fsp3) is 0.357. The predicted octanol–water partition coefficient (Wildman–Crippen LogP) is 2.34. The summed E-state index contributed by atoms with van der Waals surface area (Å²) < 4.78 is 0. The van der Waals surface area contributed by atoms with Gasteiger partial charge in [0.1, 0.15) is 0 Å². The Balaban J connectivity index is 2.05. The van der Waals surface area contributed by atoms with E-state index in [0.29, 0.717) is 5.02 Å². The van der Waals surface area contributed by atoms with Gasteiger partial charge in [-0.05, 0) is 30.5 Å². The lowest BCUT2D eigenvalue weighted by Gasteiger charge is -2.21. The van der Waals surface area contributed by atoms with Gasteiger partial charge in [-0.1, -0.05) is 29.8 Å². The number of hydrogen-bond acceptors (Lipinski definition) is 2. The highest BCUT2D eigenvalue weighted by Crippen LogP contribution is 2.19. The van der Waals surface area contributed by atoms with E-state index in [9.17, 15) is 9.90 Å². The van der Waals surface area contributed by atoms with Gasteiger partial charge in [0.2, 0.25) is 5.91 Å². The molecule has 1 aliphatic rings. The van der Waals surface area contributed by atoms with Crippen molar-refractivity contribution in [3.63, 3.8) is 0 Å². The van der Waals surface area contributed by atoms with Gasteiger partial charge in [0, 0.05) is 17.6 Å². The van der Waals surface area contributed by atoms with E-state index >= 15 is 0 Å². The minimum Gasteiger partial charge on any atom is -0.394 e. The predicted molar refractivity (Wildman–Crippen MR) is 72.3 cm³/mol. The van der Waals surface area contributed by atoms with Gasteiger partial charge < -0.3 is 10.0 Å². The number of rotatable bonds is 3. The lowest BCUT2D eigenvalue weighted by molar-refractivity contribution is -0.127. The maximum Gasteiger partial charge on any atom is 0.246 e. The zero-order chi connectivity index (χ0) is 13.0. The smallest absolute Gasteiger partial charge is 0.246 e. The highest BCUT2D eigenvalue weighted by atomic mass is 35.5. The van der Waals surface area contributed by atoms with Crippen LogP contribution in [0.25, 0.3) is 6.08 Å². The third kappa shape index (κ3) is 2.92. The SMILES string of the molecule is O=C(C=Cc1ccccc1Cl)N1CCC[C@H]1CO. The van der Waals surface area contributed by atoms with Gasteiger partial charge in [-0.15, -0.1) is 0 Å². The van der Waals surface area contributed by atoms with Gasteiger partial charge in [-0.25, -0.2) is 0 Å². The minimum atomic E-state index is -0.0635. The third-order valence-corrected chi connectivity index (χ3v) is 3.53. The lowest BCUT2D eigenvalue weighted by atomic mass is 10.2. The summed E-state index contributed by atoms with van der Waals surface area (Å²) in [4.78, 5) is 13.7. The van der Waals surface area contributed by atoms with E-state index in [4.69, 9.17) is 11.6 Å². The third-order valence-electron chi connectivity index (χ3n) is 3.18. The Labute approximate surface area is 112 Å². The summed E-state index contributed by atoms with van der Waals surface area (Å²) in [6.45, 7) is 0.753. The molecule has 4 heteroatoms. The monoisotopic (exact) mass is 265 g/mol. The molecule has 96 valence electrons. The van der Waals surface area contributed by atoms with E-state index in [-0.39, 0.29) is 18.6 Å². The summed E-state index contributed by atoms with van der Waals surface area (Å²) in [6, 6.07) is 7.34. The molecule has 1 atom stereocenters. The average molecular weight is 266 g/mol. The summed E-state index contributed by atoms with van der Waals surface area (Å²) >= 11 is 6.01. The van der Waals surface area contributed by atoms with Crippen molar-refractivity contribution in [2.75, 3.05) is 13.2 Å². The van der Waals surface area contributed by atoms with Crippen LogP contribution in [-0.4, -0.2) is 35.1 Å². The summed E-state index contributed by atoms with van der Waals surface area (Å²) in [7, 11) is 0. The summed E-state index contributed by atoms with van der Waals surface area (Å²) in [5.74, 6) is -0.0635. The largest absolute Gasteiger partial charge is 0.394 e. The fourth-order valence-corrected chi connectivity index (χ4v) is 2.38. The van der Waals surface area contributed by atoms with Crippen LogP contribution < -0.4 is 0 Å². The van der Waals surface area contributed by atoms with Gasteiger partial charge in [-0.2, -0.15) is 0 Å². The second-order valence-corrected chi connectivity index (χ2v) is 4.77. The molecule has 3 nitrogen and oxygen atoms in total. The molecule has 1 heterocycles. The van der Waals surface area contributed by atoms with Crippen LogP contribution in [-0.2, 0) is 4.79 Å². The molecule has 1 aromatic carbocycles. The van der Waals surface area contributed by atoms with Crippen LogP contribution in [0.3, 0.4) is 0 Å². The summed E-state index contributed by atoms with van der Waals surface area (Å²) in [5.41, 5.74) is 0.826. The first kappa shape index (κ1) is 13.1. The fourth-order valence-electron chi connectivity index (χ4n) is 2.18. The topological polar surface area (TPSA) is 40.5 Å². The molecule has 0 aliphatic carbocycles. The molecule has 0 spiro atoms. The van der Waals surface area contributed by atoms with Crippen LogP contribution in [0.2, 0.25) is 5.02 Å². The molecule has 0 unspecified atom stereocenters. The molecule has 1 fully saturated rings. The maximum absolute atomic E-state index is 12.0. The number of halogens is 1. The van der Waals surface area contributed by atoms with Gasteiger partial charge in [0.25, 0.3) is 0 Å². The number of likely N-dealkylation sites (tertiary alicyclic amines) is 1. The zero-order valence-corrected chi connectivity index (χ0v) is 10.8. The van der Waals surface area contributed by atoms with Crippen LogP contribution in [0.15, 0.2) is 30.3 Å². The molecule has 0 bridgehead atoms. The van der Waals surface area contributed by atoms with E-state index < -0.39 is 0 Å². The van der Waals surface area contributed by atoms with Gasteiger partial charge in [-0.3, -0.25) is 4.79 Å². The second kappa shape index (κ2) is 6.03. The number of amides is 1. The van der Waals surface area contributed by atoms with Crippen LogP contribution in [0, 0.1) is 0 Å². The molecule has 1 amide bonds. The van der Waals surface area contributed by atoms with Crippen LogP contribution >= 0.6 is 11.6 Å². The molecule has 0 aromatic heterocycles. The zero-order valence-electron chi connectivity index (χ0n) is 10.1. The van der Waals surface area contributed by atoms with E-state index in [0.717, 1.165) is 24.9 Å². The highest BCUT2D eigenvalue weighted by molar-refractivity contribution is 6.32. The maximum atomic E-state index is 12.0. The lowest BCUT2D eigenvalue weighted by Crippen LogP contribution is -2.36. The molecule has 0 radical (unpaired) electrons. The van der Waals surface area contributed by atoms with Crippen molar-refractivity contribution < 1.29 is 9.90 Å². The highest BCUT2D eigenvalue weighted by Gasteiger charge is 2.26. The number of carbonyl (C=O) groups excluding carboxylic acids is 1. The average Bonchev–Trinajstić information content (AvgIpc) is 2.86. The standard InChI is InChI=1S/C14H16ClNO2/c15-13-6-2-1-4-11(13)7-8-14(18)16-9-3-5-12(16)10-17/h1-2,4,6-8,12,17H,3,5,9-10H2/t12-/m0/s1. The Bertz CT molecular complexity index is 459. The number of benzene rings is 1. The molecule has 1 aliphatic heterocycles. The van der Waals surface area contributed by atoms with Crippen molar-refractivity contribution in [2.45, 2.75) is 18.9 Å². The van der Waals surface area contributed by atoms with Crippen LogP contribution in [0.4, 0.5) is 0 Å². The van der Waals surface area contributed by atoms with Crippen molar-refractivity contribution in [1.29, 1.82) is 0 Å². The summed E-state index contributed by atoms with van der Waals surface area (Å²) in [5, 5.41) is 9.80. The van der Waals surface area contributed by atoms with Crippen molar-refractivity contribution in [1.82, 2.24) is 4.90 Å². The van der Waals surface area contributed by atoms with Crippen molar-refractivity contribution in [3.8, 4) is 0 Å². The Morgan fingerprint density at radius 2 is 2.28 bits per heavy atom. The summed E-state index contributed by atoms with van der Waals surface area (Å²) in [6.07, 6.45) is 5.08. The Kier molecular flexibility index (Phi) is 4.39. The Morgan fingerprint density at radius 1 is 1.50 bits per heavy atom. The van der Waals surface area contributed by atoms with E-state index in [2.05, 4.69) is 0 Å². The van der Waals surface area contributed by atoms with E-state index in [1.54, 1.807) is 17.0 Å². The minimum absolute atomic E-state index is 0.0334. The number of carbonyl (C=O) groups is 1. The van der Waals surface area contributed by atoms with E-state index in [1.165, 1.54) is 6.08 Å². The second-order valence-electron chi connectivity index (χ2n) is 4.37. The van der Waals surface area contributed by atoms with Gasteiger partial charge in [0.15, 0.2) is 0 Å². The van der Waals surface area contributed by atoms with Crippen LogP contribution in [0.1, 0.15) is 18.4 Å². The molecule has 0 saturated carbocycles. The first-order chi connectivity index (χ1) is 8.72. The molecule has 2 rings (SSSR count). The number of hydrogen-bond donors (Lipinski definition) is 1. The normalized spacial score (nSPS) is 19.7. The molecular weight excluding hydrogens is 250 g/mol. The van der Waals surface area contributed by atoms with Crippen molar-refractivity contribution >= 4 is 23.6 Å². The molecule has 1 saturated heterocycles. The molecule has 18 heavy (non-hydrogen) atoms. The molecule has 1 N–H and O–H groups in total. The van der Waals surface area contributed by atoms with Crippen molar-refractivity contribution in [3.05, 3.63) is 40.9 Å². The molecular formula is C14H16ClNO2. The quantitative estimate of drug-likeness (QED) is 0.853. The number of nitrogens with zero attached hydrogens (tertiary/aromatic N) is 1. The Hall–Kier alpha value is -1.32. The first-order valence-electron chi connectivity index (χ1n) is 6.06. The first-order valence-corrected chi connectivity index (χ1v) is 6.44. The van der Waals surface area contributed by atoms with Gasteiger partial charge >= 0.3 is 0 Å². The number of aliphatic hydroxyl groups excluding tert-OH is 1. The van der Waals surface area contributed by atoms with E-state index in [1.807, 2.05) is 18.2 Å². The van der Waals surface area contributed by atoms with Gasteiger partial charge in [0.05, 0.1) is 12.6 Å². The van der Waals surface area contributed by atoms with Crippen molar-refractivity contribution in [2.24, 2.45) is 0 Å². The number of aliphatic hydroxyl groups is 1. The molecule has 1 aromatic rings. The Morgan fingerprint density at radius 3 is 3.00 bits per heavy atom.